The van der Waals surface area contributed by atoms with Crippen LogP contribution in [0, 0.1) is 6.92 Å². The molecule has 1 fully saturated rings. The number of rotatable bonds is 3. The third kappa shape index (κ3) is 2.69. The molecule has 88 valence electrons. The zero-order valence-electron chi connectivity index (χ0n) is 9.57. The Labute approximate surface area is 95.6 Å². The Morgan fingerprint density at radius 2 is 2.25 bits per heavy atom. The zero-order chi connectivity index (χ0) is 11.4. The van der Waals surface area contributed by atoms with Crippen LogP contribution in [0.1, 0.15) is 11.1 Å². The van der Waals surface area contributed by atoms with Gasteiger partial charge in [0.25, 0.3) is 0 Å². The Morgan fingerprint density at radius 3 is 2.94 bits per heavy atom. The molecule has 0 radical (unpaired) electrons. The molecule has 1 aromatic heterocycles. The van der Waals surface area contributed by atoms with E-state index in [0.29, 0.717) is 5.82 Å². The highest BCUT2D eigenvalue weighted by Gasteiger charge is 2.12. The SMILES string of the molecule is Cc1cnc(NN)cc1CN1CCOCC1. The summed E-state index contributed by atoms with van der Waals surface area (Å²) in [7, 11) is 0. The van der Waals surface area contributed by atoms with Gasteiger partial charge in [-0.05, 0) is 24.1 Å². The summed E-state index contributed by atoms with van der Waals surface area (Å²) in [5.74, 6) is 6.07. The molecule has 1 aromatic rings. The van der Waals surface area contributed by atoms with E-state index in [1.54, 1.807) is 0 Å². The maximum Gasteiger partial charge on any atom is 0.140 e. The van der Waals surface area contributed by atoms with E-state index < -0.39 is 0 Å². The smallest absolute Gasteiger partial charge is 0.140 e. The van der Waals surface area contributed by atoms with E-state index in [-0.39, 0.29) is 0 Å². The molecule has 0 aliphatic carbocycles. The van der Waals surface area contributed by atoms with Crippen molar-refractivity contribution < 1.29 is 4.74 Å². The monoisotopic (exact) mass is 222 g/mol. The van der Waals surface area contributed by atoms with Crippen LogP contribution in [0.25, 0.3) is 0 Å². The van der Waals surface area contributed by atoms with Crippen molar-refractivity contribution in [3.05, 3.63) is 23.4 Å². The van der Waals surface area contributed by atoms with Gasteiger partial charge in [0.15, 0.2) is 0 Å². The number of aryl methyl sites for hydroxylation is 1. The Kier molecular flexibility index (Phi) is 3.71. The van der Waals surface area contributed by atoms with Gasteiger partial charge in [-0.2, -0.15) is 0 Å². The molecule has 0 amide bonds. The minimum absolute atomic E-state index is 0.717. The molecule has 2 heterocycles. The Morgan fingerprint density at radius 1 is 1.50 bits per heavy atom. The van der Waals surface area contributed by atoms with E-state index in [2.05, 4.69) is 22.2 Å². The molecule has 5 heteroatoms. The molecule has 0 saturated carbocycles. The van der Waals surface area contributed by atoms with Crippen LogP contribution in [-0.4, -0.2) is 36.2 Å². The highest BCUT2D eigenvalue weighted by molar-refractivity contribution is 5.39. The van der Waals surface area contributed by atoms with Crippen LogP contribution in [0.3, 0.4) is 0 Å². The molecule has 0 spiro atoms. The highest BCUT2D eigenvalue weighted by Crippen LogP contribution is 2.14. The fourth-order valence-corrected chi connectivity index (χ4v) is 1.81. The third-order valence-corrected chi connectivity index (χ3v) is 2.86. The molecule has 16 heavy (non-hydrogen) atoms. The Hall–Kier alpha value is -1.17. The number of nitrogens with one attached hydrogen (secondary N) is 1. The van der Waals surface area contributed by atoms with Crippen molar-refractivity contribution in [2.45, 2.75) is 13.5 Å². The lowest BCUT2D eigenvalue weighted by atomic mass is 10.1. The third-order valence-electron chi connectivity index (χ3n) is 2.86. The first kappa shape index (κ1) is 11.3. The molecule has 1 aliphatic rings. The van der Waals surface area contributed by atoms with Crippen LogP contribution in [0.2, 0.25) is 0 Å². The van der Waals surface area contributed by atoms with Crippen LogP contribution >= 0.6 is 0 Å². The molecule has 1 aliphatic heterocycles. The van der Waals surface area contributed by atoms with Gasteiger partial charge in [-0.3, -0.25) is 4.90 Å². The maximum atomic E-state index is 5.36. The topological polar surface area (TPSA) is 63.4 Å². The van der Waals surface area contributed by atoms with Crippen molar-refractivity contribution in [1.82, 2.24) is 9.88 Å². The summed E-state index contributed by atoms with van der Waals surface area (Å²) in [5, 5.41) is 0. The van der Waals surface area contributed by atoms with Crippen molar-refractivity contribution >= 4 is 5.82 Å². The van der Waals surface area contributed by atoms with Crippen LogP contribution in [0.5, 0.6) is 0 Å². The van der Waals surface area contributed by atoms with E-state index in [9.17, 15) is 0 Å². The van der Waals surface area contributed by atoms with E-state index in [0.717, 1.165) is 32.8 Å². The number of nitrogen functional groups attached to an aromatic ring is 1. The summed E-state index contributed by atoms with van der Waals surface area (Å²) in [6, 6.07) is 2.00. The van der Waals surface area contributed by atoms with Crippen molar-refractivity contribution in [2.24, 2.45) is 5.84 Å². The second kappa shape index (κ2) is 5.25. The summed E-state index contributed by atoms with van der Waals surface area (Å²) >= 11 is 0. The van der Waals surface area contributed by atoms with Gasteiger partial charge in [0.2, 0.25) is 0 Å². The standard InChI is InChI=1S/C11H18N4O/c1-9-7-13-11(14-12)6-10(9)8-15-2-4-16-5-3-15/h6-7H,2-5,8,12H2,1H3,(H,13,14). The van der Waals surface area contributed by atoms with E-state index in [1.807, 2.05) is 12.3 Å². The molecule has 0 atom stereocenters. The van der Waals surface area contributed by atoms with Gasteiger partial charge < -0.3 is 10.2 Å². The van der Waals surface area contributed by atoms with Crippen LogP contribution in [0.15, 0.2) is 12.3 Å². The fraction of sp³-hybridized carbons (Fsp3) is 0.545. The zero-order valence-corrected chi connectivity index (χ0v) is 9.57. The fourth-order valence-electron chi connectivity index (χ4n) is 1.81. The predicted octanol–water partition coefficient (Wildman–Crippen LogP) is 0.508. The van der Waals surface area contributed by atoms with Gasteiger partial charge in [0.1, 0.15) is 5.82 Å². The number of nitrogens with two attached hydrogens (primary N) is 1. The molecule has 3 N–H and O–H groups in total. The second-order valence-electron chi connectivity index (χ2n) is 4.03. The lowest BCUT2D eigenvalue weighted by Gasteiger charge is -2.27. The van der Waals surface area contributed by atoms with Crippen molar-refractivity contribution in [1.29, 1.82) is 0 Å². The van der Waals surface area contributed by atoms with E-state index in [4.69, 9.17) is 10.6 Å². The lowest BCUT2D eigenvalue weighted by molar-refractivity contribution is 0.0341. The average Bonchev–Trinajstić information content (AvgIpc) is 2.33. The summed E-state index contributed by atoms with van der Waals surface area (Å²) < 4.78 is 5.33. The number of hydrogen-bond donors (Lipinski definition) is 2. The van der Waals surface area contributed by atoms with Gasteiger partial charge in [-0.25, -0.2) is 10.8 Å². The van der Waals surface area contributed by atoms with Crippen molar-refractivity contribution in [3.8, 4) is 0 Å². The molecular weight excluding hydrogens is 204 g/mol. The van der Waals surface area contributed by atoms with E-state index >= 15 is 0 Å². The number of aromatic nitrogens is 1. The average molecular weight is 222 g/mol. The highest BCUT2D eigenvalue weighted by atomic mass is 16.5. The molecule has 5 nitrogen and oxygen atoms in total. The minimum Gasteiger partial charge on any atom is -0.379 e. The van der Waals surface area contributed by atoms with Crippen LogP contribution < -0.4 is 11.3 Å². The normalized spacial score (nSPS) is 17.4. The quantitative estimate of drug-likeness (QED) is 0.576. The summed E-state index contributed by atoms with van der Waals surface area (Å²) in [5.41, 5.74) is 5.05. The number of hydrogen-bond acceptors (Lipinski definition) is 5. The molecule has 1 saturated heterocycles. The number of anilines is 1. The molecular formula is C11H18N4O. The van der Waals surface area contributed by atoms with Crippen molar-refractivity contribution in [3.63, 3.8) is 0 Å². The van der Waals surface area contributed by atoms with Gasteiger partial charge in [-0.1, -0.05) is 0 Å². The largest absolute Gasteiger partial charge is 0.379 e. The Bertz CT molecular complexity index is 350. The number of pyridine rings is 1. The Balaban J connectivity index is 2.06. The van der Waals surface area contributed by atoms with Gasteiger partial charge in [0.05, 0.1) is 13.2 Å². The van der Waals surface area contributed by atoms with E-state index in [1.165, 1.54) is 11.1 Å². The van der Waals surface area contributed by atoms with Gasteiger partial charge in [-0.15, -0.1) is 0 Å². The second-order valence-corrected chi connectivity index (χ2v) is 4.03. The lowest BCUT2D eigenvalue weighted by Crippen LogP contribution is -2.35. The summed E-state index contributed by atoms with van der Waals surface area (Å²) in [4.78, 5) is 6.55. The first-order valence-electron chi connectivity index (χ1n) is 5.52. The molecule has 2 rings (SSSR count). The van der Waals surface area contributed by atoms with Crippen LogP contribution in [-0.2, 0) is 11.3 Å². The molecule has 0 bridgehead atoms. The first-order chi connectivity index (χ1) is 7.79. The number of hydrazine groups is 1. The first-order valence-corrected chi connectivity index (χ1v) is 5.52. The maximum absolute atomic E-state index is 5.36. The molecule has 0 aromatic carbocycles. The van der Waals surface area contributed by atoms with Crippen molar-refractivity contribution in [2.75, 3.05) is 31.7 Å². The minimum atomic E-state index is 0.717. The number of morpholine rings is 1. The number of nitrogens with zero attached hydrogens (tertiary/aromatic N) is 2. The van der Waals surface area contributed by atoms with Crippen LogP contribution in [0.4, 0.5) is 5.82 Å². The predicted molar refractivity (Wildman–Crippen MR) is 62.9 cm³/mol. The summed E-state index contributed by atoms with van der Waals surface area (Å²) in [6.45, 7) is 6.65. The molecule has 0 unspecified atom stereocenters. The van der Waals surface area contributed by atoms with Gasteiger partial charge >= 0.3 is 0 Å². The number of ether oxygens (including phenoxy) is 1. The van der Waals surface area contributed by atoms with Gasteiger partial charge in [0, 0.05) is 25.8 Å². The summed E-state index contributed by atoms with van der Waals surface area (Å²) in [6.07, 6.45) is 1.85.